The summed E-state index contributed by atoms with van der Waals surface area (Å²) in [4.78, 5) is 17.5. The second-order valence-corrected chi connectivity index (χ2v) is 6.94. The molecule has 0 radical (unpaired) electrons. The van der Waals surface area contributed by atoms with Crippen molar-refractivity contribution in [1.82, 2.24) is 14.7 Å². The van der Waals surface area contributed by atoms with Gasteiger partial charge >= 0.3 is 5.97 Å². The van der Waals surface area contributed by atoms with Crippen molar-refractivity contribution in [2.75, 3.05) is 59.0 Å². The minimum Gasteiger partial charge on any atom is -0.492 e. The number of carbonyl (C=O) groups is 1. The van der Waals surface area contributed by atoms with Gasteiger partial charge in [0.15, 0.2) is 0 Å². The number of carboxylic acid groups (broad SMARTS) is 1. The van der Waals surface area contributed by atoms with Gasteiger partial charge in [-0.2, -0.15) is 0 Å². The van der Waals surface area contributed by atoms with Gasteiger partial charge < -0.3 is 9.84 Å². The third-order valence-electron chi connectivity index (χ3n) is 4.72. The second kappa shape index (κ2) is 10.4. The molecule has 1 aromatic rings. The van der Waals surface area contributed by atoms with Crippen molar-refractivity contribution in [3.8, 4) is 5.75 Å². The average molecular weight is 367 g/mol. The summed E-state index contributed by atoms with van der Waals surface area (Å²) in [5, 5.41) is 8.85. The fraction of sp³-hybridized carbons (Fsp3) is 0.632. The Morgan fingerprint density at radius 2 is 1.77 bits per heavy atom. The zero-order valence-corrected chi connectivity index (χ0v) is 15.7. The lowest BCUT2D eigenvalue weighted by molar-refractivity contribution is -0.138. The highest BCUT2D eigenvalue weighted by molar-refractivity contribution is 5.69. The Balaban J connectivity index is 1.68. The lowest BCUT2D eigenvalue weighted by Crippen LogP contribution is -2.50. The van der Waals surface area contributed by atoms with Crippen LogP contribution in [0.1, 0.15) is 13.8 Å². The summed E-state index contributed by atoms with van der Waals surface area (Å²) in [6.45, 7) is 11.2. The van der Waals surface area contributed by atoms with Gasteiger partial charge in [-0.3, -0.25) is 19.5 Å². The molecule has 0 aromatic heterocycles. The van der Waals surface area contributed by atoms with Crippen molar-refractivity contribution in [2.45, 2.75) is 19.9 Å². The van der Waals surface area contributed by atoms with Gasteiger partial charge in [-0.1, -0.05) is 0 Å². The molecule has 0 spiro atoms. The molecular formula is C19H30FN3O3. The molecule has 7 heteroatoms. The summed E-state index contributed by atoms with van der Waals surface area (Å²) in [5.74, 6) is -0.333. The molecule has 1 N–H and O–H groups in total. The molecule has 1 aromatic carbocycles. The molecule has 0 aliphatic carbocycles. The largest absolute Gasteiger partial charge is 0.492 e. The number of ether oxygens (including phenoxy) is 1. The Kier molecular flexibility index (Phi) is 8.28. The number of rotatable bonds is 10. The predicted molar refractivity (Wildman–Crippen MR) is 99.1 cm³/mol. The van der Waals surface area contributed by atoms with Crippen LogP contribution in [0, 0.1) is 5.82 Å². The third-order valence-corrected chi connectivity index (χ3v) is 4.72. The van der Waals surface area contributed by atoms with Crippen molar-refractivity contribution in [2.24, 2.45) is 0 Å². The van der Waals surface area contributed by atoms with Crippen molar-refractivity contribution < 1.29 is 19.0 Å². The number of halogens is 1. The van der Waals surface area contributed by atoms with E-state index >= 15 is 0 Å². The Morgan fingerprint density at radius 1 is 1.15 bits per heavy atom. The van der Waals surface area contributed by atoms with E-state index in [2.05, 4.69) is 23.6 Å². The monoisotopic (exact) mass is 367 g/mol. The molecule has 26 heavy (non-hydrogen) atoms. The smallest absolute Gasteiger partial charge is 0.317 e. The van der Waals surface area contributed by atoms with E-state index < -0.39 is 5.97 Å². The van der Waals surface area contributed by atoms with Gasteiger partial charge in [0.25, 0.3) is 0 Å². The molecule has 2 rings (SSSR count). The molecule has 0 amide bonds. The van der Waals surface area contributed by atoms with E-state index in [1.54, 1.807) is 12.1 Å². The molecule has 1 aliphatic heterocycles. The molecule has 1 saturated heterocycles. The normalized spacial score (nSPS) is 16.3. The Morgan fingerprint density at radius 3 is 2.35 bits per heavy atom. The van der Waals surface area contributed by atoms with Crippen LogP contribution in [0.5, 0.6) is 5.75 Å². The molecule has 0 saturated carbocycles. The summed E-state index contributed by atoms with van der Waals surface area (Å²) in [5.41, 5.74) is 0. The van der Waals surface area contributed by atoms with E-state index in [-0.39, 0.29) is 12.4 Å². The first-order valence-corrected chi connectivity index (χ1v) is 9.23. The number of aliphatic carboxylic acids is 1. The van der Waals surface area contributed by atoms with Crippen LogP contribution in [0.2, 0.25) is 0 Å². The fourth-order valence-electron chi connectivity index (χ4n) is 3.07. The highest BCUT2D eigenvalue weighted by Gasteiger charge is 2.19. The first-order valence-electron chi connectivity index (χ1n) is 9.23. The van der Waals surface area contributed by atoms with E-state index in [1.807, 2.05) is 4.90 Å². The Labute approximate surface area is 155 Å². The molecular weight excluding hydrogens is 337 g/mol. The number of piperazine rings is 1. The topological polar surface area (TPSA) is 56.2 Å². The van der Waals surface area contributed by atoms with Gasteiger partial charge in [0.05, 0.1) is 6.54 Å². The van der Waals surface area contributed by atoms with Crippen LogP contribution in [0.15, 0.2) is 24.3 Å². The number of hydrogen-bond donors (Lipinski definition) is 1. The third kappa shape index (κ3) is 7.27. The molecule has 1 aliphatic rings. The van der Waals surface area contributed by atoms with Crippen LogP contribution in [-0.4, -0.2) is 90.8 Å². The molecule has 0 bridgehead atoms. The maximum absolute atomic E-state index is 12.9. The van der Waals surface area contributed by atoms with Crippen LogP contribution in [0.4, 0.5) is 4.39 Å². The van der Waals surface area contributed by atoms with Gasteiger partial charge in [0.1, 0.15) is 18.2 Å². The van der Waals surface area contributed by atoms with Crippen LogP contribution in [0.25, 0.3) is 0 Å². The number of hydrogen-bond acceptors (Lipinski definition) is 5. The first kappa shape index (κ1) is 20.6. The standard InChI is InChI=1S/C19H30FN3O3/c1-16(2)23(13-14-26-18-5-3-17(20)4-6-18)12-11-21-7-9-22(10-8-21)15-19(24)25/h3-6,16H,7-15H2,1-2H3,(H,24,25). The van der Waals surface area contributed by atoms with Gasteiger partial charge in [-0.15, -0.1) is 0 Å². The minimum absolute atomic E-state index is 0.132. The molecule has 1 heterocycles. The SMILES string of the molecule is CC(C)N(CCOc1ccc(F)cc1)CCN1CCN(CC(=O)O)CC1. The van der Waals surface area contributed by atoms with Crippen molar-refractivity contribution in [3.63, 3.8) is 0 Å². The van der Waals surface area contributed by atoms with E-state index in [4.69, 9.17) is 9.84 Å². The molecule has 1 fully saturated rings. The summed E-state index contributed by atoms with van der Waals surface area (Å²) in [6, 6.07) is 6.51. The second-order valence-electron chi connectivity index (χ2n) is 6.94. The van der Waals surface area contributed by atoms with Crippen LogP contribution >= 0.6 is 0 Å². The maximum Gasteiger partial charge on any atom is 0.317 e. The van der Waals surface area contributed by atoms with E-state index in [1.165, 1.54) is 12.1 Å². The highest BCUT2D eigenvalue weighted by Crippen LogP contribution is 2.11. The van der Waals surface area contributed by atoms with E-state index in [9.17, 15) is 9.18 Å². The van der Waals surface area contributed by atoms with Crippen molar-refractivity contribution >= 4 is 5.97 Å². The number of carboxylic acids is 1. The zero-order valence-electron chi connectivity index (χ0n) is 15.7. The lowest BCUT2D eigenvalue weighted by atomic mass is 10.2. The van der Waals surface area contributed by atoms with E-state index in [0.29, 0.717) is 18.4 Å². The average Bonchev–Trinajstić information content (AvgIpc) is 2.60. The Bertz CT molecular complexity index is 545. The van der Waals surface area contributed by atoms with Gasteiger partial charge in [0.2, 0.25) is 0 Å². The zero-order chi connectivity index (χ0) is 18.9. The van der Waals surface area contributed by atoms with Crippen LogP contribution in [0.3, 0.4) is 0 Å². The molecule has 6 nitrogen and oxygen atoms in total. The van der Waals surface area contributed by atoms with Gasteiger partial charge in [0, 0.05) is 51.9 Å². The lowest BCUT2D eigenvalue weighted by Gasteiger charge is -2.35. The quantitative estimate of drug-likeness (QED) is 0.678. The van der Waals surface area contributed by atoms with E-state index in [0.717, 1.165) is 45.8 Å². The maximum atomic E-state index is 12.9. The molecule has 0 unspecified atom stereocenters. The van der Waals surface area contributed by atoms with Gasteiger partial charge in [-0.05, 0) is 38.1 Å². The summed E-state index contributed by atoms with van der Waals surface area (Å²) >= 11 is 0. The first-order chi connectivity index (χ1) is 12.4. The molecule has 0 atom stereocenters. The van der Waals surface area contributed by atoms with Crippen molar-refractivity contribution in [3.05, 3.63) is 30.1 Å². The molecule has 146 valence electrons. The van der Waals surface area contributed by atoms with Gasteiger partial charge in [-0.25, -0.2) is 4.39 Å². The Hall–Kier alpha value is -1.70. The predicted octanol–water partition coefficient (Wildman–Crippen LogP) is 1.62. The summed E-state index contributed by atoms with van der Waals surface area (Å²) in [6.07, 6.45) is 0. The number of nitrogens with zero attached hydrogens (tertiary/aromatic N) is 3. The highest BCUT2D eigenvalue weighted by atomic mass is 19.1. The van der Waals surface area contributed by atoms with Crippen LogP contribution < -0.4 is 4.74 Å². The minimum atomic E-state index is -0.759. The summed E-state index contributed by atoms with van der Waals surface area (Å²) in [7, 11) is 0. The van der Waals surface area contributed by atoms with Crippen LogP contribution in [-0.2, 0) is 4.79 Å². The number of benzene rings is 1. The fourth-order valence-corrected chi connectivity index (χ4v) is 3.07. The summed E-state index contributed by atoms with van der Waals surface area (Å²) < 4.78 is 18.6. The van der Waals surface area contributed by atoms with Crippen molar-refractivity contribution in [1.29, 1.82) is 0 Å².